The smallest absolute Gasteiger partial charge is 0.244 e. The lowest BCUT2D eigenvalue weighted by molar-refractivity contribution is -0.125. The van der Waals surface area contributed by atoms with Gasteiger partial charge in [0.2, 0.25) is 27.6 Å². The molecule has 0 unspecified atom stereocenters. The Labute approximate surface area is 168 Å². The molecule has 28 heavy (non-hydrogen) atoms. The van der Waals surface area contributed by atoms with Crippen molar-refractivity contribution in [2.75, 3.05) is 19.6 Å². The van der Waals surface area contributed by atoms with E-state index < -0.39 is 10.0 Å². The molecule has 1 atom stereocenters. The molecule has 0 bridgehead atoms. The fraction of sp³-hybridized carbons (Fsp3) is 0.611. The van der Waals surface area contributed by atoms with E-state index in [0.29, 0.717) is 53.3 Å². The van der Waals surface area contributed by atoms with Gasteiger partial charge in [0, 0.05) is 30.4 Å². The molecule has 2 aromatic heterocycles. The van der Waals surface area contributed by atoms with E-state index in [2.05, 4.69) is 15.5 Å². The van der Waals surface area contributed by atoms with E-state index in [1.54, 1.807) is 13.0 Å². The molecule has 1 N–H and O–H groups in total. The summed E-state index contributed by atoms with van der Waals surface area (Å²) in [6.45, 7) is 4.83. The number of nitrogens with zero attached hydrogens (tertiary/aromatic N) is 3. The molecule has 1 amide bonds. The number of rotatable bonds is 6. The van der Waals surface area contributed by atoms with Crippen molar-refractivity contribution in [2.45, 2.75) is 50.3 Å². The first kappa shape index (κ1) is 19.5. The average Bonchev–Trinajstić information content (AvgIpc) is 3.27. The van der Waals surface area contributed by atoms with Gasteiger partial charge in [-0.1, -0.05) is 5.16 Å². The Balaban J connectivity index is 1.56. The lowest BCUT2D eigenvalue weighted by Crippen LogP contribution is -2.45. The SMILES string of the molecule is CCNC(=O)[C@@H]1CCCN(S(=O)(=O)c2cc(-c3noc(C4CC4)n3)sc2C)C1. The highest BCUT2D eigenvalue weighted by Crippen LogP contribution is 2.41. The highest BCUT2D eigenvalue weighted by molar-refractivity contribution is 7.89. The number of nitrogens with one attached hydrogen (secondary N) is 1. The zero-order valence-corrected chi connectivity index (χ0v) is 17.6. The number of piperidine rings is 1. The summed E-state index contributed by atoms with van der Waals surface area (Å²) in [5, 5.41) is 6.81. The maximum atomic E-state index is 13.2. The maximum absolute atomic E-state index is 13.2. The molecule has 8 nitrogen and oxygen atoms in total. The Hall–Kier alpha value is -1.78. The second-order valence-corrected chi connectivity index (χ2v) is 10.5. The summed E-state index contributed by atoms with van der Waals surface area (Å²) in [4.78, 5) is 18.2. The molecule has 152 valence electrons. The molecule has 2 fully saturated rings. The third kappa shape index (κ3) is 3.72. The maximum Gasteiger partial charge on any atom is 0.244 e. The van der Waals surface area contributed by atoms with Crippen molar-refractivity contribution in [1.29, 1.82) is 0 Å². The van der Waals surface area contributed by atoms with Crippen molar-refractivity contribution in [1.82, 2.24) is 19.8 Å². The Morgan fingerprint density at radius 3 is 2.89 bits per heavy atom. The second kappa shape index (κ2) is 7.57. The Morgan fingerprint density at radius 2 is 2.18 bits per heavy atom. The van der Waals surface area contributed by atoms with Crippen LogP contribution in [0, 0.1) is 12.8 Å². The number of amides is 1. The van der Waals surface area contributed by atoms with E-state index in [-0.39, 0.29) is 23.3 Å². The summed E-state index contributed by atoms with van der Waals surface area (Å²) >= 11 is 1.35. The first-order valence-corrected chi connectivity index (χ1v) is 11.9. The van der Waals surface area contributed by atoms with Crippen LogP contribution in [0.15, 0.2) is 15.5 Å². The molecule has 1 saturated carbocycles. The number of thiophene rings is 1. The average molecular weight is 425 g/mol. The molecule has 1 aliphatic carbocycles. The van der Waals surface area contributed by atoms with Crippen molar-refractivity contribution in [3.05, 3.63) is 16.8 Å². The summed E-state index contributed by atoms with van der Waals surface area (Å²) < 4.78 is 33.2. The van der Waals surface area contributed by atoms with Crippen LogP contribution < -0.4 is 5.32 Å². The number of sulfonamides is 1. The van der Waals surface area contributed by atoms with Gasteiger partial charge in [-0.05, 0) is 45.6 Å². The standard InChI is InChI=1S/C18H24N4O4S2/c1-3-19-17(23)13-5-4-8-22(10-13)28(24,25)15-9-14(27-11(15)2)16-20-18(26-21-16)12-6-7-12/h9,12-13H,3-8,10H2,1-2H3,(H,19,23)/t13-/m1/s1. The molecule has 1 saturated heterocycles. The predicted octanol–water partition coefficient (Wildman–Crippen LogP) is 2.52. The molecule has 2 aliphatic rings. The Kier molecular flexibility index (Phi) is 5.28. The molecule has 0 aromatic carbocycles. The normalized spacial score (nSPS) is 21.0. The Morgan fingerprint density at radius 1 is 1.39 bits per heavy atom. The number of hydrogen-bond acceptors (Lipinski definition) is 7. The minimum absolute atomic E-state index is 0.0791. The van der Waals surface area contributed by atoms with Crippen LogP contribution in [-0.2, 0) is 14.8 Å². The molecule has 0 spiro atoms. The molecule has 1 aliphatic heterocycles. The van der Waals surface area contributed by atoms with Crippen molar-refractivity contribution < 1.29 is 17.7 Å². The van der Waals surface area contributed by atoms with Gasteiger partial charge < -0.3 is 9.84 Å². The van der Waals surface area contributed by atoms with E-state index in [0.717, 1.165) is 12.8 Å². The van der Waals surface area contributed by atoms with Crippen LogP contribution >= 0.6 is 11.3 Å². The van der Waals surface area contributed by atoms with Gasteiger partial charge in [-0.3, -0.25) is 4.79 Å². The van der Waals surface area contributed by atoms with E-state index in [1.165, 1.54) is 15.6 Å². The van der Waals surface area contributed by atoms with Gasteiger partial charge in [0.05, 0.1) is 15.7 Å². The van der Waals surface area contributed by atoms with Crippen molar-refractivity contribution >= 4 is 27.3 Å². The summed E-state index contributed by atoms with van der Waals surface area (Å²) in [7, 11) is -3.68. The first-order valence-electron chi connectivity index (χ1n) is 9.62. The first-order chi connectivity index (χ1) is 13.4. The number of hydrogen-bond donors (Lipinski definition) is 1. The van der Waals surface area contributed by atoms with Crippen LogP contribution in [0.3, 0.4) is 0 Å². The van der Waals surface area contributed by atoms with Crippen molar-refractivity contribution in [3.8, 4) is 10.7 Å². The fourth-order valence-corrected chi connectivity index (χ4v) is 6.51. The van der Waals surface area contributed by atoms with Crippen LogP contribution in [-0.4, -0.2) is 48.4 Å². The van der Waals surface area contributed by atoms with E-state index >= 15 is 0 Å². The van der Waals surface area contributed by atoms with Gasteiger partial charge >= 0.3 is 0 Å². The quantitative estimate of drug-likeness (QED) is 0.764. The highest BCUT2D eigenvalue weighted by Gasteiger charge is 2.35. The molecule has 0 radical (unpaired) electrons. The summed E-state index contributed by atoms with van der Waals surface area (Å²) in [6.07, 6.45) is 3.50. The second-order valence-electron chi connectivity index (χ2n) is 7.36. The molecule has 3 heterocycles. The lowest BCUT2D eigenvalue weighted by Gasteiger charge is -2.31. The zero-order chi connectivity index (χ0) is 19.9. The van der Waals surface area contributed by atoms with Gasteiger partial charge in [-0.25, -0.2) is 8.42 Å². The van der Waals surface area contributed by atoms with Crippen molar-refractivity contribution in [3.63, 3.8) is 0 Å². The van der Waals surface area contributed by atoms with Gasteiger partial charge in [0.15, 0.2) is 0 Å². The van der Waals surface area contributed by atoms with Crippen LogP contribution in [0.1, 0.15) is 49.3 Å². The van der Waals surface area contributed by atoms with Gasteiger partial charge in [-0.15, -0.1) is 11.3 Å². The van der Waals surface area contributed by atoms with Crippen LogP contribution in [0.2, 0.25) is 0 Å². The molecular formula is C18H24N4O4S2. The zero-order valence-electron chi connectivity index (χ0n) is 16.0. The van der Waals surface area contributed by atoms with E-state index in [1.807, 2.05) is 6.92 Å². The largest absolute Gasteiger partial charge is 0.356 e. The van der Waals surface area contributed by atoms with Gasteiger partial charge in [0.1, 0.15) is 0 Å². The minimum Gasteiger partial charge on any atom is -0.356 e. The minimum atomic E-state index is -3.68. The van der Waals surface area contributed by atoms with Crippen LogP contribution in [0.25, 0.3) is 10.7 Å². The number of aryl methyl sites for hydroxylation is 1. The van der Waals surface area contributed by atoms with E-state index in [9.17, 15) is 13.2 Å². The summed E-state index contributed by atoms with van der Waals surface area (Å²) in [5.41, 5.74) is 0. The molecule has 2 aromatic rings. The van der Waals surface area contributed by atoms with Crippen LogP contribution in [0.4, 0.5) is 0 Å². The third-order valence-corrected chi connectivity index (χ3v) is 8.35. The fourth-order valence-electron chi connectivity index (χ4n) is 3.50. The number of carbonyl (C=O) groups is 1. The Bertz CT molecular complexity index is 978. The number of carbonyl (C=O) groups excluding carboxylic acids is 1. The predicted molar refractivity (Wildman–Crippen MR) is 104 cm³/mol. The van der Waals surface area contributed by atoms with Crippen LogP contribution in [0.5, 0.6) is 0 Å². The molecule has 10 heteroatoms. The lowest BCUT2D eigenvalue weighted by atomic mass is 9.99. The summed E-state index contributed by atoms with van der Waals surface area (Å²) in [5.74, 6) is 1.04. The van der Waals surface area contributed by atoms with Gasteiger partial charge in [-0.2, -0.15) is 9.29 Å². The molecule has 4 rings (SSSR count). The summed E-state index contributed by atoms with van der Waals surface area (Å²) in [6, 6.07) is 1.63. The van der Waals surface area contributed by atoms with Crippen molar-refractivity contribution in [2.24, 2.45) is 5.92 Å². The van der Waals surface area contributed by atoms with Gasteiger partial charge in [0.25, 0.3) is 0 Å². The number of aromatic nitrogens is 2. The highest BCUT2D eigenvalue weighted by atomic mass is 32.2. The topological polar surface area (TPSA) is 105 Å². The monoisotopic (exact) mass is 424 g/mol. The van der Waals surface area contributed by atoms with E-state index in [4.69, 9.17) is 4.52 Å². The third-order valence-electron chi connectivity index (χ3n) is 5.18. The molecular weight excluding hydrogens is 400 g/mol.